The molecule has 1 aliphatic rings. The molecule has 2 N–H and O–H groups in total. The number of rotatable bonds is 3. The lowest BCUT2D eigenvalue weighted by Gasteiger charge is -2.31. The van der Waals surface area contributed by atoms with Crippen LogP contribution in [-0.4, -0.2) is 11.1 Å². The molecule has 2 atom stereocenters. The molecule has 1 fully saturated rings. The summed E-state index contributed by atoms with van der Waals surface area (Å²) in [5, 5.41) is 0.559. The predicted octanol–water partition coefficient (Wildman–Crippen LogP) is 3.40. The fourth-order valence-corrected chi connectivity index (χ4v) is 3.02. The smallest absolute Gasteiger partial charge is 0.232 e. The Labute approximate surface area is 114 Å². The van der Waals surface area contributed by atoms with Gasteiger partial charge in [-0.3, -0.25) is 0 Å². The summed E-state index contributed by atoms with van der Waals surface area (Å²) in [4.78, 5) is 4.26. The van der Waals surface area contributed by atoms with E-state index < -0.39 is 0 Å². The van der Waals surface area contributed by atoms with Crippen molar-refractivity contribution in [2.45, 2.75) is 45.8 Å². The first-order valence-electron chi connectivity index (χ1n) is 6.59. The number of aromatic nitrogens is 1. The molecule has 0 aliphatic heterocycles. The van der Waals surface area contributed by atoms with Gasteiger partial charge in [0.1, 0.15) is 11.1 Å². The van der Waals surface area contributed by atoms with Crippen LogP contribution in [0.3, 0.4) is 0 Å². The van der Waals surface area contributed by atoms with Crippen molar-refractivity contribution < 1.29 is 4.74 Å². The summed E-state index contributed by atoms with van der Waals surface area (Å²) < 4.78 is 5.94. The zero-order valence-corrected chi connectivity index (χ0v) is 11.8. The van der Waals surface area contributed by atoms with Gasteiger partial charge in [-0.05, 0) is 42.7 Å². The van der Waals surface area contributed by atoms with Crippen molar-refractivity contribution in [1.82, 2.24) is 4.98 Å². The minimum absolute atomic E-state index is 0.234. The average molecular weight is 269 g/mol. The maximum Gasteiger partial charge on any atom is 0.232 e. The van der Waals surface area contributed by atoms with E-state index in [2.05, 4.69) is 18.8 Å². The molecule has 1 saturated carbocycles. The molecule has 0 amide bonds. The second-order valence-corrected chi connectivity index (χ2v) is 5.90. The van der Waals surface area contributed by atoms with Gasteiger partial charge >= 0.3 is 0 Å². The van der Waals surface area contributed by atoms with Crippen LogP contribution in [-0.2, 0) is 6.54 Å². The van der Waals surface area contributed by atoms with Crippen LogP contribution in [0, 0.1) is 11.8 Å². The molecule has 1 aromatic heterocycles. The van der Waals surface area contributed by atoms with Crippen LogP contribution in [0.15, 0.2) is 12.3 Å². The molecule has 3 nitrogen and oxygen atoms in total. The summed E-state index contributed by atoms with van der Waals surface area (Å²) in [7, 11) is 0. The standard InChI is InChI=1S/C14H21ClN2O/c1-9-3-10(2)5-12(4-9)18-14-13(15)6-11(7-16)8-17-14/h6,8-10,12H,3-5,7,16H2,1-2H3. The maximum atomic E-state index is 6.16. The summed E-state index contributed by atoms with van der Waals surface area (Å²) in [6, 6.07) is 1.83. The lowest BCUT2D eigenvalue weighted by atomic mass is 9.82. The molecule has 0 aromatic carbocycles. The molecule has 1 aliphatic carbocycles. The van der Waals surface area contributed by atoms with Crippen LogP contribution >= 0.6 is 11.6 Å². The second-order valence-electron chi connectivity index (χ2n) is 5.49. The summed E-state index contributed by atoms with van der Waals surface area (Å²) in [5.74, 6) is 1.96. The van der Waals surface area contributed by atoms with Gasteiger partial charge in [0.2, 0.25) is 5.88 Å². The third-order valence-corrected chi connectivity index (χ3v) is 3.78. The lowest BCUT2D eigenvalue weighted by Crippen LogP contribution is -2.28. The Hall–Kier alpha value is -0.800. The SMILES string of the molecule is CC1CC(C)CC(Oc2ncc(CN)cc2Cl)C1. The van der Waals surface area contributed by atoms with E-state index in [1.807, 2.05) is 6.07 Å². The Morgan fingerprint density at radius 1 is 1.33 bits per heavy atom. The van der Waals surface area contributed by atoms with E-state index in [1.54, 1.807) is 6.20 Å². The van der Waals surface area contributed by atoms with E-state index >= 15 is 0 Å². The minimum Gasteiger partial charge on any atom is -0.473 e. The van der Waals surface area contributed by atoms with E-state index in [0.717, 1.165) is 18.4 Å². The molecule has 1 heterocycles. The van der Waals surface area contributed by atoms with Crippen LogP contribution in [0.5, 0.6) is 5.88 Å². The molecule has 1 aromatic rings. The van der Waals surface area contributed by atoms with Crippen molar-refractivity contribution in [2.75, 3.05) is 0 Å². The van der Waals surface area contributed by atoms with Gasteiger partial charge < -0.3 is 10.5 Å². The molecule has 0 saturated heterocycles. The number of nitrogens with zero attached hydrogens (tertiary/aromatic N) is 1. The number of ether oxygens (including phenoxy) is 1. The first-order valence-corrected chi connectivity index (χ1v) is 6.97. The molecule has 2 unspecified atom stereocenters. The molecule has 0 bridgehead atoms. The molecule has 2 rings (SSSR count). The quantitative estimate of drug-likeness (QED) is 0.914. The second kappa shape index (κ2) is 5.89. The maximum absolute atomic E-state index is 6.16. The fourth-order valence-electron chi connectivity index (χ4n) is 2.79. The van der Waals surface area contributed by atoms with Gasteiger partial charge in [0.15, 0.2) is 0 Å². The Morgan fingerprint density at radius 2 is 2.00 bits per heavy atom. The van der Waals surface area contributed by atoms with Gasteiger partial charge in [-0.25, -0.2) is 4.98 Å². The van der Waals surface area contributed by atoms with Gasteiger partial charge in [0.25, 0.3) is 0 Å². The molecule has 18 heavy (non-hydrogen) atoms. The minimum atomic E-state index is 0.234. The normalized spacial score (nSPS) is 28.1. The zero-order chi connectivity index (χ0) is 13.1. The highest BCUT2D eigenvalue weighted by atomic mass is 35.5. The Bertz CT molecular complexity index is 401. The van der Waals surface area contributed by atoms with E-state index in [1.165, 1.54) is 6.42 Å². The van der Waals surface area contributed by atoms with E-state index in [9.17, 15) is 0 Å². The molecule has 4 heteroatoms. The number of hydrogen-bond donors (Lipinski definition) is 1. The average Bonchev–Trinajstić information content (AvgIpc) is 2.30. The van der Waals surface area contributed by atoms with Crippen molar-refractivity contribution in [3.8, 4) is 5.88 Å². The molecule has 100 valence electrons. The van der Waals surface area contributed by atoms with Crippen LogP contribution in [0.2, 0.25) is 5.02 Å². The van der Waals surface area contributed by atoms with Crippen LogP contribution < -0.4 is 10.5 Å². The number of pyridine rings is 1. The van der Waals surface area contributed by atoms with Gasteiger partial charge in [-0.2, -0.15) is 0 Å². The monoisotopic (exact) mass is 268 g/mol. The third kappa shape index (κ3) is 3.36. The highest BCUT2D eigenvalue weighted by Crippen LogP contribution is 2.32. The van der Waals surface area contributed by atoms with Crippen molar-refractivity contribution in [3.05, 3.63) is 22.8 Å². The van der Waals surface area contributed by atoms with Gasteiger partial charge in [0.05, 0.1) is 0 Å². The van der Waals surface area contributed by atoms with Gasteiger partial charge in [0, 0.05) is 12.7 Å². The van der Waals surface area contributed by atoms with Crippen molar-refractivity contribution in [1.29, 1.82) is 0 Å². The van der Waals surface area contributed by atoms with Crippen LogP contribution in [0.25, 0.3) is 0 Å². The lowest BCUT2D eigenvalue weighted by molar-refractivity contribution is 0.0968. The molecule has 0 spiro atoms. The zero-order valence-electron chi connectivity index (χ0n) is 11.0. The summed E-state index contributed by atoms with van der Waals surface area (Å²) in [5.41, 5.74) is 6.48. The number of hydrogen-bond acceptors (Lipinski definition) is 3. The first kappa shape index (κ1) is 13.6. The van der Waals surface area contributed by atoms with Crippen molar-refractivity contribution in [2.24, 2.45) is 17.6 Å². The Morgan fingerprint density at radius 3 is 2.56 bits per heavy atom. The highest BCUT2D eigenvalue weighted by molar-refractivity contribution is 6.31. The fraction of sp³-hybridized carbons (Fsp3) is 0.643. The topological polar surface area (TPSA) is 48.1 Å². The number of nitrogens with two attached hydrogens (primary N) is 1. The summed E-state index contributed by atoms with van der Waals surface area (Å²) >= 11 is 6.16. The summed E-state index contributed by atoms with van der Waals surface area (Å²) in [6.45, 7) is 5.00. The van der Waals surface area contributed by atoms with E-state index in [0.29, 0.717) is 29.3 Å². The Balaban J connectivity index is 2.04. The van der Waals surface area contributed by atoms with Crippen molar-refractivity contribution >= 4 is 11.6 Å². The van der Waals surface area contributed by atoms with Gasteiger partial charge in [-0.1, -0.05) is 25.4 Å². The molecule has 0 radical (unpaired) electrons. The van der Waals surface area contributed by atoms with E-state index in [4.69, 9.17) is 22.1 Å². The molecular weight excluding hydrogens is 248 g/mol. The predicted molar refractivity (Wildman–Crippen MR) is 73.7 cm³/mol. The first-order chi connectivity index (χ1) is 8.58. The Kier molecular flexibility index (Phi) is 4.46. The van der Waals surface area contributed by atoms with E-state index in [-0.39, 0.29) is 6.10 Å². The van der Waals surface area contributed by atoms with Crippen LogP contribution in [0.1, 0.15) is 38.7 Å². The summed E-state index contributed by atoms with van der Waals surface area (Å²) in [6.07, 6.45) is 5.42. The largest absolute Gasteiger partial charge is 0.473 e. The highest BCUT2D eigenvalue weighted by Gasteiger charge is 2.26. The van der Waals surface area contributed by atoms with Crippen LogP contribution in [0.4, 0.5) is 0 Å². The molecular formula is C14H21ClN2O. The van der Waals surface area contributed by atoms with Crippen molar-refractivity contribution in [3.63, 3.8) is 0 Å². The third-order valence-electron chi connectivity index (χ3n) is 3.51. The number of halogens is 1. The van der Waals surface area contributed by atoms with Gasteiger partial charge in [-0.15, -0.1) is 0 Å².